The zero-order valence-electron chi connectivity index (χ0n) is 12.1. The van der Waals surface area contributed by atoms with E-state index in [1.165, 1.54) is 32.2 Å². The Labute approximate surface area is 133 Å². The molecule has 1 aromatic carbocycles. The molecule has 0 atom stereocenters. The van der Waals surface area contributed by atoms with Crippen molar-refractivity contribution in [1.82, 2.24) is 5.32 Å². The van der Waals surface area contributed by atoms with Gasteiger partial charge < -0.3 is 15.4 Å². The topological polar surface area (TPSA) is 114 Å². The second-order valence-electron chi connectivity index (χ2n) is 4.23. The zero-order chi connectivity index (χ0) is 16.9. The summed E-state index contributed by atoms with van der Waals surface area (Å²) in [6.07, 6.45) is 0.271. The fourth-order valence-corrected chi connectivity index (χ4v) is 2.29. The van der Waals surface area contributed by atoms with Crippen LogP contribution in [0, 0.1) is 0 Å². The first-order valence-corrected chi connectivity index (χ1v) is 8.21. The highest BCUT2D eigenvalue weighted by Gasteiger charge is 2.13. The third kappa shape index (κ3) is 5.30. The predicted octanol–water partition coefficient (Wildman–Crippen LogP) is 1.10. The maximum absolute atomic E-state index is 11.6. The number of ether oxygens (including phenoxy) is 1. The van der Waals surface area contributed by atoms with Gasteiger partial charge in [0, 0.05) is 13.2 Å². The molecule has 1 aromatic rings. The standard InChI is InChI=1S/C12H15N3O5S2/c1-7(16)13-9-5-4-8(22(3,18)19)6-10(9)14-11(21)15-12(17)20-2/h4-6H,1-3H3,(H,13,16)(H2,14,15,17,21). The van der Waals surface area contributed by atoms with Gasteiger partial charge in [0.2, 0.25) is 5.91 Å². The molecule has 3 N–H and O–H groups in total. The first-order chi connectivity index (χ1) is 10.1. The van der Waals surface area contributed by atoms with Crippen molar-refractivity contribution in [3.63, 3.8) is 0 Å². The van der Waals surface area contributed by atoms with Gasteiger partial charge in [-0.25, -0.2) is 13.2 Å². The Morgan fingerprint density at radius 3 is 2.32 bits per heavy atom. The second-order valence-corrected chi connectivity index (χ2v) is 6.66. The molecule has 22 heavy (non-hydrogen) atoms. The molecular weight excluding hydrogens is 330 g/mol. The molecule has 0 aliphatic carbocycles. The molecule has 0 aliphatic heterocycles. The number of carbonyl (C=O) groups excluding carboxylic acids is 2. The number of thiocarbonyl (C=S) groups is 1. The highest BCUT2D eigenvalue weighted by molar-refractivity contribution is 7.90. The predicted molar refractivity (Wildman–Crippen MR) is 85.6 cm³/mol. The van der Waals surface area contributed by atoms with Gasteiger partial charge in [-0.05, 0) is 30.4 Å². The number of anilines is 2. The fraction of sp³-hybridized carbons (Fsp3) is 0.250. The number of hydrogen-bond donors (Lipinski definition) is 3. The number of amides is 2. The smallest absolute Gasteiger partial charge is 0.413 e. The molecule has 1 rings (SSSR count). The maximum Gasteiger partial charge on any atom is 0.413 e. The van der Waals surface area contributed by atoms with Gasteiger partial charge in [0.05, 0.1) is 23.4 Å². The van der Waals surface area contributed by atoms with Crippen LogP contribution in [0.4, 0.5) is 16.2 Å². The number of rotatable bonds is 3. The molecule has 0 bridgehead atoms. The Morgan fingerprint density at radius 1 is 1.18 bits per heavy atom. The maximum atomic E-state index is 11.6. The molecule has 10 heteroatoms. The van der Waals surface area contributed by atoms with E-state index in [2.05, 4.69) is 20.7 Å². The third-order valence-corrected chi connectivity index (χ3v) is 3.69. The number of sulfone groups is 1. The van der Waals surface area contributed by atoms with Crippen molar-refractivity contribution in [1.29, 1.82) is 0 Å². The summed E-state index contributed by atoms with van der Waals surface area (Å²) in [5.74, 6) is -0.345. The SMILES string of the molecule is COC(=O)NC(=S)Nc1cc(S(C)(=O)=O)ccc1NC(C)=O. The van der Waals surface area contributed by atoms with Crippen LogP contribution in [0.5, 0.6) is 0 Å². The van der Waals surface area contributed by atoms with E-state index in [0.717, 1.165) is 6.26 Å². The quantitative estimate of drug-likeness (QED) is 0.703. The molecule has 8 nitrogen and oxygen atoms in total. The van der Waals surface area contributed by atoms with E-state index < -0.39 is 15.9 Å². The van der Waals surface area contributed by atoms with Crippen molar-refractivity contribution in [3.05, 3.63) is 18.2 Å². The van der Waals surface area contributed by atoms with E-state index in [-0.39, 0.29) is 21.6 Å². The number of methoxy groups -OCH3 is 1. The van der Waals surface area contributed by atoms with E-state index in [9.17, 15) is 18.0 Å². The minimum Gasteiger partial charge on any atom is -0.453 e. The minimum absolute atomic E-state index is 0.0324. The van der Waals surface area contributed by atoms with Gasteiger partial charge in [0.15, 0.2) is 14.9 Å². The molecule has 0 unspecified atom stereocenters. The third-order valence-electron chi connectivity index (χ3n) is 2.38. The van der Waals surface area contributed by atoms with Crippen LogP contribution in [0.2, 0.25) is 0 Å². The first kappa shape index (κ1) is 17.9. The Bertz CT molecular complexity index is 715. The molecule has 0 aromatic heterocycles. The fourth-order valence-electron chi connectivity index (χ4n) is 1.45. The summed E-state index contributed by atoms with van der Waals surface area (Å²) >= 11 is 4.90. The number of carbonyl (C=O) groups is 2. The van der Waals surface area contributed by atoms with Gasteiger partial charge >= 0.3 is 6.09 Å². The monoisotopic (exact) mass is 345 g/mol. The van der Waals surface area contributed by atoms with E-state index in [0.29, 0.717) is 5.69 Å². The van der Waals surface area contributed by atoms with Crippen LogP contribution in [0.3, 0.4) is 0 Å². The molecule has 0 heterocycles. The first-order valence-electron chi connectivity index (χ1n) is 5.91. The van der Waals surface area contributed by atoms with Crippen molar-refractivity contribution in [3.8, 4) is 0 Å². The lowest BCUT2D eigenvalue weighted by Gasteiger charge is -2.14. The highest BCUT2D eigenvalue weighted by Crippen LogP contribution is 2.25. The summed E-state index contributed by atoms with van der Waals surface area (Å²) in [5, 5.41) is 7.27. The molecule has 0 fully saturated rings. The summed E-state index contributed by atoms with van der Waals surface area (Å²) in [6.45, 7) is 1.30. The van der Waals surface area contributed by atoms with Crippen molar-refractivity contribution < 1.29 is 22.7 Å². The van der Waals surface area contributed by atoms with Crippen LogP contribution in [0.1, 0.15) is 6.92 Å². The molecule has 0 radical (unpaired) electrons. The summed E-state index contributed by atoms with van der Waals surface area (Å²) in [4.78, 5) is 22.3. The summed E-state index contributed by atoms with van der Waals surface area (Å²) in [6, 6.07) is 4.06. The lowest BCUT2D eigenvalue weighted by Crippen LogP contribution is -2.34. The number of nitrogens with one attached hydrogen (secondary N) is 3. The van der Waals surface area contributed by atoms with Gasteiger partial charge in [0.25, 0.3) is 0 Å². The van der Waals surface area contributed by atoms with E-state index in [1.54, 1.807) is 0 Å². The molecule has 0 saturated carbocycles. The van der Waals surface area contributed by atoms with E-state index in [4.69, 9.17) is 12.2 Å². The molecular formula is C12H15N3O5S2. The molecule has 0 aliphatic rings. The molecule has 0 saturated heterocycles. The largest absolute Gasteiger partial charge is 0.453 e. The van der Waals surface area contributed by atoms with Crippen LogP contribution in [-0.4, -0.2) is 38.9 Å². The molecule has 2 amide bonds. The number of hydrogen-bond acceptors (Lipinski definition) is 6. The Hall–Kier alpha value is -2.20. The van der Waals surface area contributed by atoms with E-state index in [1.807, 2.05) is 0 Å². The van der Waals surface area contributed by atoms with Gasteiger partial charge in [-0.15, -0.1) is 0 Å². The van der Waals surface area contributed by atoms with Crippen LogP contribution in [0.15, 0.2) is 23.1 Å². The van der Waals surface area contributed by atoms with Gasteiger partial charge in [-0.1, -0.05) is 0 Å². The Kier molecular flexibility index (Phi) is 5.83. The lowest BCUT2D eigenvalue weighted by atomic mass is 10.2. The van der Waals surface area contributed by atoms with Crippen molar-refractivity contribution in [2.45, 2.75) is 11.8 Å². The Morgan fingerprint density at radius 2 is 1.82 bits per heavy atom. The summed E-state index contributed by atoms with van der Waals surface area (Å²) in [7, 11) is -2.27. The molecule has 120 valence electrons. The van der Waals surface area contributed by atoms with Gasteiger partial charge in [-0.2, -0.15) is 0 Å². The Balaban J connectivity index is 3.14. The van der Waals surface area contributed by atoms with Gasteiger partial charge in [0.1, 0.15) is 0 Å². The average molecular weight is 345 g/mol. The summed E-state index contributed by atoms with van der Waals surface area (Å²) in [5.41, 5.74) is 0.536. The normalized spacial score (nSPS) is 10.5. The number of benzene rings is 1. The second kappa shape index (κ2) is 7.18. The van der Waals surface area contributed by atoms with Crippen LogP contribution < -0.4 is 16.0 Å². The van der Waals surface area contributed by atoms with Crippen LogP contribution in [-0.2, 0) is 19.4 Å². The molecule has 0 spiro atoms. The highest BCUT2D eigenvalue weighted by atomic mass is 32.2. The van der Waals surface area contributed by atoms with Crippen LogP contribution >= 0.6 is 12.2 Å². The zero-order valence-corrected chi connectivity index (χ0v) is 13.7. The lowest BCUT2D eigenvalue weighted by molar-refractivity contribution is -0.114. The van der Waals surface area contributed by atoms with Crippen LogP contribution in [0.25, 0.3) is 0 Å². The van der Waals surface area contributed by atoms with Crippen molar-refractivity contribution in [2.24, 2.45) is 0 Å². The average Bonchev–Trinajstić information content (AvgIpc) is 2.38. The van der Waals surface area contributed by atoms with Gasteiger partial charge in [-0.3, -0.25) is 10.1 Å². The summed E-state index contributed by atoms with van der Waals surface area (Å²) < 4.78 is 27.6. The number of alkyl carbamates (subject to hydrolysis) is 1. The van der Waals surface area contributed by atoms with Crippen molar-refractivity contribution in [2.75, 3.05) is 24.0 Å². The van der Waals surface area contributed by atoms with E-state index >= 15 is 0 Å². The minimum atomic E-state index is -3.44. The van der Waals surface area contributed by atoms with Crippen molar-refractivity contribution >= 4 is 50.5 Å².